The summed E-state index contributed by atoms with van der Waals surface area (Å²) in [6, 6.07) is -0.124. The number of aromatic nitrogens is 2. The largest absolute Gasteiger partial charge is 0.492 e. The highest BCUT2D eigenvalue weighted by Crippen LogP contribution is 2.46. The van der Waals surface area contributed by atoms with Crippen LogP contribution in [0.25, 0.3) is 10.9 Å². The van der Waals surface area contributed by atoms with Crippen LogP contribution in [0.5, 0.6) is 5.75 Å². The Bertz CT molecular complexity index is 1110. The maximum Gasteiger partial charge on any atom is 0.329 e. The molecule has 1 aliphatic heterocycles. The summed E-state index contributed by atoms with van der Waals surface area (Å²) in [5.74, 6) is -1.78. The first kappa shape index (κ1) is 21.5. The zero-order valence-corrected chi connectivity index (χ0v) is 17.2. The molecule has 1 saturated carbocycles. The highest BCUT2D eigenvalue weighted by molar-refractivity contribution is 5.99. The van der Waals surface area contributed by atoms with E-state index in [1.807, 2.05) is 0 Å². The van der Waals surface area contributed by atoms with Crippen molar-refractivity contribution in [3.8, 4) is 5.75 Å². The second kappa shape index (κ2) is 8.10. The van der Waals surface area contributed by atoms with Gasteiger partial charge in [0.05, 0.1) is 24.9 Å². The number of aromatic amines is 1. The van der Waals surface area contributed by atoms with Crippen LogP contribution in [0.3, 0.4) is 0 Å². The number of rotatable bonds is 7. The summed E-state index contributed by atoms with van der Waals surface area (Å²) in [5, 5.41) is -0.124. The molecule has 8 nitrogen and oxygen atoms in total. The number of halogens is 3. The van der Waals surface area contributed by atoms with Crippen molar-refractivity contribution in [3.63, 3.8) is 0 Å². The van der Waals surface area contributed by atoms with E-state index in [4.69, 9.17) is 16.2 Å². The molecule has 2 aliphatic rings. The standard InChI is InChI=1S/C20H26F3N5O3/c1-31-17-15-12(19(29)26-20(30)28(15)11-2-3-11)14(24)13(22)16(17)27-5-4-9(8-27)6-10(7-21)18(23)25/h9-11,18H,2-8,24-25H2,1H3,(H,26,29,30). The number of H-pyrrole nitrogens is 1. The number of hydrogen-bond donors (Lipinski definition) is 3. The van der Waals surface area contributed by atoms with Crippen LogP contribution in [0.2, 0.25) is 0 Å². The molecule has 1 aromatic heterocycles. The Balaban J connectivity index is 1.82. The number of nitrogen functional groups attached to an aromatic ring is 1. The van der Waals surface area contributed by atoms with E-state index < -0.39 is 36.0 Å². The van der Waals surface area contributed by atoms with E-state index in [9.17, 15) is 18.4 Å². The van der Waals surface area contributed by atoms with Gasteiger partial charge in [-0.1, -0.05) is 0 Å². The number of benzene rings is 1. The fourth-order valence-electron chi connectivity index (χ4n) is 4.56. The van der Waals surface area contributed by atoms with Gasteiger partial charge in [-0.15, -0.1) is 0 Å². The minimum absolute atomic E-state index is 0.0516. The lowest BCUT2D eigenvalue weighted by Gasteiger charge is -2.25. The zero-order chi connectivity index (χ0) is 22.4. The van der Waals surface area contributed by atoms with Crippen LogP contribution in [0.4, 0.5) is 24.5 Å². The van der Waals surface area contributed by atoms with Gasteiger partial charge < -0.3 is 21.1 Å². The van der Waals surface area contributed by atoms with Crippen LogP contribution in [-0.2, 0) is 0 Å². The van der Waals surface area contributed by atoms with E-state index in [0.717, 1.165) is 12.8 Å². The third kappa shape index (κ3) is 3.64. The smallest absolute Gasteiger partial charge is 0.329 e. The molecule has 0 amide bonds. The molecule has 3 unspecified atom stereocenters. The number of ether oxygens (including phenoxy) is 1. The molecule has 0 spiro atoms. The molecule has 2 fully saturated rings. The highest BCUT2D eigenvalue weighted by Gasteiger charge is 2.35. The van der Waals surface area contributed by atoms with Crippen molar-refractivity contribution in [2.45, 2.75) is 38.0 Å². The molecule has 4 rings (SSSR count). The number of methoxy groups -OCH3 is 1. The number of anilines is 2. The maximum atomic E-state index is 15.4. The Labute approximate surface area is 176 Å². The molecular formula is C20H26F3N5O3. The van der Waals surface area contributed by atoms with Gasteiger partial charge in [0, 0.05) is 25.0 Å². The molecule has 1 saturated heterocycles. The molecule has 1 aliphatic carbocycles. The van der Waals surface area contributed by atoms with Gasteiger partial charge in [0.1, 0.15) is 11.2 Å². The second-order valence-electron chi connectivity index (χ2n) is 8.39. The van der Waals surface area contributed by atoms with Gasteiger partial charge in [-0.3, -0.25) is 18.7 Å². The summed E-state index contributed by atoms with van der Waals surface area (Å²) in [6.07, 6.45) is 0.535. The minimum Gasteiger partial charge on any atom is -0.492 e. The topological polar surface area (TPSA) is 119 Å². The Hall–Kier alpha value is -2.69. The van der Waals surface area contributed by atoms with Crippen LogP contribution in [-0.4, -0.2) is 42.7 Å². The summed E-state index contributed by atoms with van der Waals surface area (Å²) in [6.45, 7) is -0.149. The lowest BCUT2D eigenvalue weighted by molar-refractivity contribution is 0.169. The number of nitrogens with one attached hydrogen (secondary N) is 1. The normalized spacial score (nSPS) is 20.9. The Morgan fingerprint density at radius 2 is 2.00 bits per heavy atom. The SMILES string of the molecule is COc1c(N2CCC(CC(CF)C(N)F)C2)c(F)c(N)c2c(=O)[nH]c(=O)n(C3CC3)c12. The lowest BCUT2D eigenvalue weighted by atomic mass is 9.94. The third-order valence-electron chi connectivity index (χ3n) is 6.29. The quantitative estimate of drug-likeness (QED) is 0.445. The molecule has 1 aromatic carbocycles. The van der Waals surface area contributed by atoms with E-state index in [1.165, 1.54) is 11.7 Å². The molecule has 0 bridgehead atoms. The summed E-state index contributed by atoms with van der Waals surface area (Å²) in [5.41, 5.74) is 9.72. The fraction of sp³-hybridized carbons (Fsp3) is 0.600. The second-order valence-corrected chi connectivity index (χ2v) is 8.39. The van der Waals surface area contributed by atoms with Gasteiger partial charge in [0.25, 0.3) is 5.56 Å². The van der Waals surface area contributed by atoms with Gasteiger partial charge in [-0.05, 0) is 31.6 Å². The predicted molar refractivity (Wildman–Crippen MR) is 112 cm³/mol. The van der Waals surface area contributed by atoms with Crippen LogP contribution in [0.15, 0.2) is 9.59 Å². The first-order valence-electron chi connectivity index (χ1n) is 10.3. The van der Waals surface area contributed by atoms with Crippen molar-refractivity contribution in [1.82, 2.24) is 9.55 Å². The Morgan fingerprint density at radius 1 is 1.29 bits per heavy atom. The highest BCUT2D eigenvalue weighted by atomic mass is 19.1. The van der Waals surface area contributed by atoms with Crippen LogP contribution in [0.1, 0.15) is 31.7 Å². The first-order valence-corrected chi connectivity index (χ1v) is 10.3. The third-order valence-corrected chi connectivity index (χ3v) is 6.29. The van der Waals surface area contributed by atoms with E-state index in [1.54, 1.807) is 4.90 Å². The summed E-state index contributed by atoms with van der Waals surface area (Å²) < 4.78 is 48.9. The molecule has 5 N–H and O–H groups in total. The minimum atomic E-state index is -1.76. The molecule has 11 heteroatoms. The molecule has 0 radical (unpaired) electrons. The zero-order valence-electron chi connectivity index (χ0n) is 17.2. The summed E-state index contributed by atoms with van der Waals surface area (Å²) in [4.78, 5) is 28.9. The molecule has 2 aromatic rings. The van der Waals surface area contributed by atoms with E-state index >= 15 is 4.39 Å². The first-order chi connectivity index (χ1) is 14.8. The summed E-state index contributed by atoms with van der Waals surface area (Å²) >= 11 is 0. The molecule has 2 heterocycles. The monoisotopic (exact) mass is 441 g/mol. The van der Waals surface area contributed by atoms with E-state index in [0.29, 0.717) is 19.5 Å². The van der Waals surface area contributed by atoms with Crippen LogP contribution in [0, 0.1) is 17.7 Å². The van der Waals surface area contributed by atoms with Gasteiger partial charge in [0.2, 0.25) is 0 Å². The number of alkyl halides is 2. The maximum absolute atomic E-state index is 15.4. The lowest BCUT2D eigenvalue weighted by Crippen LogP contribution is -2.32. The predicted octanol–water partition coefficient (Wildman–Crippen LogP) is 1.81. The number of fused-ring (bicyclic) bond motifs is 1. The van der Waals surface area contributed by atoms with Crippen molar-refractivity contribution in [3.05, 3.63) is 26.7 Å². The number of hydrogen-bond acceptors (Lipinski definition) is 6. The van der Waals surface area contributed by atoms with Gasteiger partial charge in [-0.25, -0.2) is 13.6 Å². The van der Waals surface area contributed by atoms with E-state index in [-0.39, 0.29) is 46.4 Å². The Kier molecular flexibility index (Phi) is 5.63. The van der Waals surface area contributed by atoms with Crippen LogP contribution < -0.4 is 32.4 Å². The number of nitrogens with two attached hydrogens (primary N) is 2. The molecule has 3 atom stereocenters. The van der Waals surface area contributed by atoms with Crippen molar-refractivity contribution < 1.29 is 17.9 Å². The molecule has 31 heavy (non-hydrogen) atoms. The van der Waals surface area contributed by atoms with Crippen LogP contribution >= 0.6 is 0 Å². The van der Waals surface area contributed by atoms with Crippen molar-refractivity contribution >= 4 is 22.3 Å². The molecule has 170 valence electrons. The average Bonchev–Trinajstić information content (AvgIpc) is 3.45. The van der Waals surface area contributed by atoms with Gasteiger partial charge in [0.15, 0.2) is 17.9 Å². The molecular weight excluding hydrogens is 415 g/mol. The van der Waals surface area contributed by atoms with Gasteiger partial charge in [-0.2, -0.15) is 0 Å². The Morgan fingerprint density at radius 3 is 2.58 bits per heavy atom. The average molecular weight is 441 g/mol. The van der Waals surface area contributed by atoms with Crippen molar-refractivity contribution in [2.24, 2.45) is 17.6 Å². The fourth-order valence-corrected chi connectivity index (χ4v) is 4.56. The van der Waals surface area contributed by atoms with E-state index in [2.05, 4.69) is 4.98 Å². The van der Waals surface area contributed by atoms with Gasteiger partial charge >= 0.3 is 5.69 Å². The number of nitrogens with zero attached hydrogens (tertiary/aromatic N) is 2. The van der Waals surface area contributed by atoms with Crippen molar-refractivity contribution in [1.29, 1.82) is 0 Å². The summed E-state index contributed by atoms with van der Waals surface area (Å²) in [7, 11) is 1.34. The van der Waals surface area contributed by atoms with Crippen molar-refractivity contribution in [2.75, 3.05) is 37.5 Å².